The first-order valence-corrected chi connectivity index (χ1v) is 8.03. The van der Waals surface area contributed by atoms with Gasteiger partial charge in [-0.2, -0.15) is 0 Å². The van der Waals surface area contributed by atoms with Gasteiger partial charge in [-0.3, -0.25) is 0 Å². The fourth-order valence-electron chi connectivity index (χ4n) is 2.33. The molecule has 0 heterocycles. The third kappa shape index (κ3) is 6.52. The maximum absolute atomic E-state index is 10.0. The predicted octanol–water partition coefficient (Wildman–Crippen LogP) is 0.444. The Morgan fingerprint density at radius 1 is 0.593 bits per heavy atom. The van der Waals surface area contributed by atoms with Crippen molar-refractivity contribution >= 4 is 29.5 Å². The summed E-state index contributed by atoms with van der Waals surface area (Å²) in [6.45, 7) is 0. The van der Waals surface area contributed by atoms with Crippen LogP contribution in [0.15, 0.2) is 72.2 Å². The van der Waals surface area contributed by atoms with Gasteiger partial charge in [-0.25, -0.2) is 0 Å². The van der Waals surface area contributed by atoms with Crippen LogP contribution in [-0.2, 0) is 0 Å². The van der Waals surface area contributed by atoms with Crippen LogP contribution in [0.2, 0.25) is 0 Å². The van der Waals surface area contributed by atoms with Crippen LogP contribution in [0, 0.1) is 0 Å². The molecule has 144 valence electrons. The van der Waals surface area contributed by atoms with Gasteiger partial charge in [-0.15, -0.1) is 0 Å². The van der Waals surface area contributed by atoms with E-state index in [9.17, 15) is 30.6 Å². The number of aliphatic hydroxyl groups excluding tert-OH is 6. The fourth-order valence-corrected chi connectivity index (χ4v) is 2.33. The second-order valence-corrected chi connectivity index (χ2v) is 5.83. The topological polar surface area (TPSA) is 121 Å². The van der Waals surface area contributed by atoms with Crippen molar-refractivity contribution in [1.29, 1.82) is 0 Å². The lowest BCUT2D eigenvalue weighted by Crippen LogP contribution is -2.45. The highest BCUT2D eigenvalue weighted by Gasteiger charge is 2.34. The van der Waals surface area contributed by atoms with Crippen molar-refractivity contribution < 1.29 is 30.6 Å². The summed E-state index contributed by atoms with van der Waals surface area (Å²) in [5, 5.41) is 59.9. The fraction of sp³-hybridized carbons (Fsp3) is 0.200. The van der Waals surface area contributed by atoms with Crippen molar-refractivity contribution in [2.75, 3.05) is 0 Å². The minimum absolute atomic E-state index is 0. The number of rotatable bonds is 7. The van der Waals surface area contributed by atoms with Crippen molar-refractivity contribution in [3.05, 3.63) is 83.3 Å². The quantitative estimate of drug-likeness (QED) is 0.303. The van der Waals surface area contributed by atoms with Crippen LogP contribution < -0.4 is 0 Å². The molecule has 2 aromatic rings. The lowest BCUT2D eigenvalue weighted by Gasteiger charge is -2.26. The Labute approximate surface area is 168 Å². The molecule has 4 atom stereocenters. The zero-order chi connectivity index (χ0) is 19.1. The van der Waals surface area contributed by atoms with Gasteiger partial charge in [0.25, 0.3) is 0 Å². The van der Waals surface area contributed by atoms with Crippen molar-refractivity contribution in [3.8, 4) is 0 Å². The van der Waals surface area contributed by atoms with Crippen LogP contribution in [0.5, 0.6) is 0 Å². The lowest BCUT2D eigenvalue weighted by molar-refractivity contribution is -0.0996. The predicted molar refractivity (Wildman–Crippen MR) is 108 cm³/mol. The standard InChI is InChI=1S/C20H22O6.Al.3H/c21-15(11-13-7-3-1-4-8-13)17(23)19(25)20(26)18(24)16(22)12-14-9-5-2-6-10-14;;;;/h1-12,17-26H;;;;. The molecule has 2 aromatic carbocycles. The van der Waals surface area contributed by atoms with Gasteiger partial charge in [0.2, 0.25) is 0 Å². The molecule has 27 heavy (non-hydrogen) atoms. The Kier molecular flexibility index (Phi) is 9.26. The number of hydrogen-bond acceptors (Lipinski definition) is 6. The van der Waals surface area contributed by atoms with E-state index in [0.29, 0.717) is 11.1 Å². The summed E-state index contributed by atoms with van der Waals surface area (Å²) >= 11 is 0. The van der Waals surface area contributed by atoms with Crippen molar-refractivity contribution in [3.63, 3.8) is 0 Å². The summed E-state index contributed by atoms with van der Waals surface area (Å²) in [4.78, 5) is 0. The zero-order valence-electron chi connectivity index (χ0n) is 13.9. The van der Waals surface area contributed by atoms with Crippen LogP contribution in [-0.4, -0.2) is 72.4 Å². The van der Waals surface area contributed by atoms with Gasteiger partial charge in [0, 0.05) is 0 Å². The molecule has 0 fully saturated rings. The van der Waals surface area contributed by atoms with E-state index in [2.05, 4.69) is 0 Å². The van der Waals surface area contributed by atoms with E-state index in [4.69, 9.17) is 0 Å². The van der Waals surface area contributed by atoms with Crippen LogP contribution in [0.4, 0.5) is 0 Å². The first-order chi connectivity index (χ1) is 12.4. The summed E-state index contributed by atoms with van der Waals surface area (Å²) in [7, 11) is 0. The second kappa shape index (κ2) is 10.9. The van der Waals surface area contributed by atoms with E-state index in [1.807, 2.05) is 0 Å². The number of aliphatic hydroxyl groups is 6. The van der Waals surface area contributed by atoms with E-state index in [1.54, 1.807) is 60.7 Å². The molecule has 0 saturated carbocycles. The zero-order valence-corrected chi connectivity index (χ0v) is 13.9. The van der Waals surface area contributed by atoms with Crippen molar-refractivity contribution in [2.45, 2.75) is 24.4 Å². The monoisotopic (exact) mass is 388 g/mol. The highest BCUT2D eigenvalue weighted by Crippen LogP contribution is 2.17. The van der Waals surface area contributed by atoms with E-state index in [0.717, 1.165) is 0 Å². The second-order valence-electron chi connectivity index (χ2n) is 5.83. The summed E-state index contributed by atoms with van der Waals surface area (Å²) in [5.41, 5.74) is 1.16. The number of hydrogen-bond donors (Lipinski definition) is 6. The van der Waals surface area contributed by atoms with Crippen LogP contribution >= 0.6 is 0 Å². The summed E-state index contributed by atoms with van der Waals surface area (Å²) in [5.74, 6) is -1.16. The Hall–Kier alpha value is -2.11. The molecule has 7 heteroatoms. The average molecular weight is 388 g/mol. The molecule has 0 aliphatic rings. The first kappa shape index (κ1) is 22.9. The largest absolute Gasteiger partial charge is 0.509 e. The molecule has 0 amide bonds. The SMILES string of the molecule is OC(=Cc1ccccc1)C(O)C(O)C(O)C(O)C(O)=Cc1ccccc1.[AlH3]. The first-order valence-electron chi connectivity index (χ1n) is 8.03. The third-order valence-electron chi connectivity index (χ3n) is 3.83. The molecule has 0 aliphatic heterocycles. The Morgan fingerprint density at radius 3 is 1.19 bits per heavy atom. The highest BCUT2D eigenvalue weighted by atomic mass is 27.0. The van der Waals surface area contributed by atoms with Crippen LogP contribution in [0.25, 0.3) is 12.2 Å². The molecule has 0 aromatic heterocycles. The van der Waals surface area contributed by atoms with Gasteiger partial charge in [0.1, 0.15) is 35.9 Å². The molecular weight excluding hydrogens is 363 g/mol. The van der Waals surface area contributed by atoms with Gasteiger partial charge < -0.3 is 30.6 Å². The molecule has 0 aliphatic carbocycles. The van der Waals surface area contributed by atoms with Gasteiger partial charge in [0.05, 0.1) is 0 Å². The Morgan fingerprint density at radius 2 is 0.889 bits per heavy atom. The number of benzene rings is 2. The highest BCUT2D eigenvalue weighted by molar-refractivity contribution is 5.75. The molecule has 6 N–H and O–H groups in total. The molecule has 0 saturated heterocycles. The van der Waals surface area contributed by atoms with E-state index < -0.39 is 35.9 Å². The van der Waals surface area contributed by atoms with Gasteiger partial charge in [-0.05, 0) is 23.3 Å². The van der Waals surface area contributed by atoms with Crippen LogP contribution in [0.3, 0.4) is 0 Å². The average Bonchev–Trinajstić information content (AvgIpc) is 2.67. The molecule has 0 radical (unpaired) electrons. The third-order valence-corrected chi connectivity index (χ3v) is 3.83. The lowest BCUT2D eigenvalue weighted by atomic mass is 9.99. The molecule has 6 nitrogen and oxygen atoms in total. The van der Waals surface area contributed by atoms with E-state index in [1.165, 1.54) is 12.2 Å². The minimum Gasteiger partial charge on any atom is -0.509 e. The summed E-state index contributed by atoms with van der Waals surface area (Å²) in [6, 6.07) is 17.2. The summed E-state index contributed by atoms with van der Waals surface area (Å²) < 4.78 is 0. The molecule has 0 bridgehead atoms. The Balaban J connectivity index is 0.00000364. The molecule has 2 rings (SSSR count). The van der Waals surface area contributed by atoms with Crippen LogP contribution in [0.1, 0.15) is 11.1 Å². The normalized spacial score (nSPS) is 16.7. The van der Waals surface area contributed by atoms with Gasteiger partial charge in [0.15, 0.2) is 17.4 Å². The maximum Gasteiger partial charge on any atom is 0.187 e. The smallest absolute Gasteiger partial charge is 0.187 e. The Bertz CT molecular complexity index is 682. The van der Waals surface area contributed by atoms with Crippen molar-refractivity contribution in [2.24, 2.45) is 0 Å². The minimum atomic E-state index is -1.92. The van der Waals surface area contributed by atoms with E-state index in [-0.39, 0.29) is 17.4 Å². The van der Waals surface area contributed by atoms with Crippen molar-refractivity contribution in [1.82, 2.24) is 0 Å². The maximum atomic E-state index is 10.0. The van der Waals surface area contributed by atoms with E-state index >= 15 is 0 Å². The van der Waals surface area contributed by atoms with Gasteiger partial charge in [-0.1, -0.05) is 60.7 Å². The van der Waals surface area contributed by atoms with Gasteiger partial charge >= 0.3 is 0 Å². The summed E-state index contributed by atoms with van der Waals surface area (Å²) in [6.07, 6.45) is -5.07. The molecule has 4 unspecified atom stereocenters. The molecular formula is C20H25AlO6. The molecule has 0 spiro atoms.